The van der Waals surface area contributed by atoms with Crippen LogP contribution in [0.5, 0.6) is 0 Å². The van der Waals surface area contributed by atoms with Gasteiger partial charge in [-0.05, 0) is 18.6 Å². The van der Waals surface area contributed by atoms with E-state index < -0.39 is 0 Å². The molecule has 0 N–H and O–H groups in total. The fraction of sp³-hybridized carbons (Fsp3) is 0.375. The second-order valence-electron chi connectivity index (χ2n) is 2.70. The number of hydrogen-bond acceptors (Lipinski definition) is 2. The second-order valence-corrected chi connectivity index (χ2v) is 3.06. The van der Waals surface area contributed by atoms with E-state index in [-0.39, 0.29) is 6.10 Å². The van der Waals surface area contributed by atoms with Gasteiger partial charge in [-0.25, -0.2) is 4.98 Å². The lowest BCUT2D eigenvalue weighted by molar-refractivity contribution is 0.415. The van der Waals surface area contributed by atoms with Gasteiger partial charge in [0.05, 0.1) is 6.61 Å². The molecule has 1 fully saturated rings. The van der Waals surface area contributed by atoms with Gasteiger partial charge in [0.25, 0.3) is 0 Å². The van der Waals surface area contributed by atoms with Crippen molar-refractivity contribution >= 4 is 11.6 Å². The van der Waals surface area contributed by atoms with Gasteiger partial charge in [-0.3, -0.25) is 0 Å². The Morgan fingerprint density at radius 3 is 3.00 bits per heavy atom. The van der Waals surface area contributed by atoms with Crippen LogP contribution in [0.1, 0.15) is 17.2 Å². The summed E-state index contributed by atoms with van der Waals surface area (Å²) in [4.78, 5) is 4.03. The fourth-order valence-electron chi connectivity index (χ4n) is 0.996. The first-order chi connectivity index (χ1) is 5.27. The Morgan fingerprint density at radius 1 is 1.73 bits per heavy atom. The Kier molecular flexibility index (Phi) is 1.59. The Hall–Kier alpha value is -0.600. The lowest BCUT2D eigenvalue weighted by atomic mass is 10.2. The zero-order valence-electron chi connectivity index (χ0n) is 6.17. The number of aromatic nitrogens is 1. The number of halogens is 1. The van der Waals surface area contributed by atoms with Gasteiger partial charge in [-0.15, -0.1) is 0 Å². The molecule has 0 aromatic carbocycles. The first kappa shape index (κ1) is 7.07. The predicted molar refractivity (Wildman–Crippen MR) is 42.7 cm³/mol. The second kappa shape index (κ2) is 2.47. The smallest absolute Gasteiger partial charge is 0.131 e. The fourth-order valence-corrected chi connectivity index (χ4v) is 1.10. The molecule has 2 heterocycles. The quantitative estimate of drug-likeness (QED) is 0.475. The van der Waals surface area contributed by atoms with Crippen LogP contribution in [-0.4, -0.2) is 11.6 Å². The maximum absolute atomic E-state index is 5.75. The highest BCUT2D eigenvalue weighted by atomic mass is 35.5. The largest absolute Gasteiger partial charge is 0.368 e. The van der Waals surface area contributed by atoms with Crippen LogP contribution >= 0.6 is 11.6 Å². The molecule has 1 aromatic heterocycles. The summed E-state index contributed by atoms with van der Waals surface area (Å²) in [6.07, 6.45) is 2.05. The molecule has 0 aliphatic carbocycles. The van der Waals surface area contributed by atoms with Crippen molar-refractivity contribution in [2.24, 2.45) is 0 Å². The molecule has 0 spiro atoms. The Morgan fingerprint density at radius 2 is 2.45 bits per heavy atom. The first-order valence-corrected chi connectivity index (χ1v) is 3.89. The molecule has 2 nitrogen and oxygen atoms in total. The third kappa shape index (κ3) is 1.37. The summed E-state index contributed by atoms with van der Waals surface area (Å²) in [5.74, 6) is 0. The van der Waals surface area contributed by atoms with Crippen LogP contribution in [0, 0.1) is 6.92 Å². The van der Waals surface area contributed by atoms with E-state index in [0.717, 1.165) is 17.7 Å². The molecule has 0 saturated carbocycles. The van der Waals surface area contributed by atoms with E-state index in [1.165, 1.54) is 0 Å². The SMILES string of the molecule is Cc1cc([C@H]2CO2)cnc1Cl. The van der Waals surface area contributed by atoms with E-state index in [9.17, 15) is 0 Å². The third-order valence-electron chi connectivity index (χ3n) is 1.74. The Balaban J connectivity index is 2.36. The highest BCUT2D eigenvalue weighted by Gasteiger charge is 2.25. The van der Waals surface area contributed by atoms with Gasteiger partial charge < -0.3 is 4.74 Å². The van der Waals surface area contributed by atoms with Gasteiger partial charge in [0.2, 0.25) is 0 Å². The molecule has 0 unspecified atom stereocenters. The van der Waals surface area contributed by atoms with E-state index in [4.69, 9.17) is 16.3 Å². The molecule has 1 atom stereocenters. The minimum atomic E-state index is 0.276. The molecule has 0 amide bonds. The molecule has 11 heavy (non-hydrogen) atoms. The first-order valence-electron chi connectivity index (χ1n) is 3.51. The summed E-state index contributed by atoms with van der Waals surface area (Å²) < 4.78 is 5.11. The van der Waals surface area contributed by atoms with Crippen molar-refractivity contribution in [3.8, 4) is 0 Å². The minimum absolute atomic E-state index is 0.276. The summed E-state index contributed by atoms with van der Waals surface area (Å²) in [6.45, 7) is 2.77. The van der Waals surface area contributed by atoms with Crippen LogP contribution in [0.4, 0.5) is 0 Å². The summed E-state index contributed by atoms with van der Waals surface area (Å²) >= 11 is 5.75. The number of epoxide rings is 1. The van der Waals surface area contributed by atoms with Gasteiger partial charge in [-0.1, -0.05) is 11.6 Å². The Labute approximate surface area is 70.2 Å². The van der Waals surface area contributed by atoms with E-state index in [1.54, 1.807) is 6.20 Å². The van der Waals surface area contributed by atoms with Crippen LogP contribution < -0.4 is 0 Å². The Bertz CT molecular complexity index is 283. The summed E-state index contributed by atoms with van der Waals surface area (Å²) in [7, 11) is 0. The van der Waals surface area contributed by atoms with Gasteiger partial charge in [0, 0.05) is 11.8 Å². The van der Waals surface area contributed by atoms with E-state index in [0.29, 0.717) is 5.15 Å². The van der Waals surface area contributed by atoms with Crippen LogP contribution in [0.15, 0.2) is 12.3 Å². The summed E-state index contributed by atoms with van der Waals surface area (Å²) in [6, 6.07) is 2.02. The van der Waals surface area contributed by atoms with Gasteiger partial charge in [-0.2, -0.15) is 0 Å². The highest BCUT2D eigenvalue weighted by molar-refractivity contribution is 6.30. The number of aryl methyl sites for hydroxylation is 1. The van der Waals surface area contributed by atoms with Crippen molar-refractivity contribution in [1.82, 2.24) is 4.98 Å². The van der Waals surface area contributed by atoms with Crippen LogP contribution in [0.2, 0.25) is 5.15 Å². The number of pyridine rings is 1. The summed E-state index contributed by atoms with van der Waals surface area (Å²) in [5, 5.41) is 0.578. The number of nitrogens with zero attached hydrogens (tertiary/aromatic N) is 1. The van der Waals surface area contributed by atoms with Crippen molar-refractivity contribution in [3.63, 3.8) is 0 Å². The molecule has 1 aromatic rings. The van der Waals surface area contributed by atoms with Crippen LogP contribution in [0.3, 0.4) is 0 Å². The lowest BCUT2D eigenvalue weighted by Gasteiger charge is -1.98. The van der Waals surface area contributed by atoms with E-state index >= 15 is 0 Å². The molecule has 1 saturated heterocycles. The van der Waals surface area contributed by atoms with Crippen molar-refractivity contribution in [1.29, 1.82) is 0 Å². The van der Waals surface area contributed by atoms with Gasteiger partial charge in [0.15, 0.2) is 0 Å². The van der Waals surface area contributed by atoms with Crippen LogP contribution in [-0.2, 0) is 4.74 Å². The monoisotopic (exact) mass is 169 g/mol. The topological polar surface area (TPSA) is 25.4 Å². The normalized spacial score (nSPS) is 21.8. The number of hydrogen-bond donors (Lipinski definition) is 0. The zero-order valence-corrected chi connectivity index (χ0v) is 6.93. The molecule has 2 rings (SSSR count). The molecule has 1 aliphatic heterocycles. The third-order valence-corrected chi connectivity index (χ3v) is 2.14. The maximum atomic E-state index is 5.75. The summed E-state index contributed by atoms with van der Waals surface area (Å²) in [5.41, 5.74) is 2.14. The van der Waals surface area contributed by atoms with E-state index in [1.807, 2.05) is 13.0 Å². The molecular weight excluding hydrogens is 162 g/mol. The molecule has 1 aliphatic rings. The molecule has 0 radical (unpaired) electrons. The standard InChI is InChI=1S/C8H8ClNO/c1-5-2-6(7-4-11-7)3-10-8(5)9/h2-3,7H,4H2,1H3/t7-/m1/s1. The van der Waals surface area contributed by atoms with Gasteiger partial charge >= 0.3 is 0 Å². The van der Waals surface area contributed by atoms with Crippen molar-refractivity contribution in [2.45, 2.75) is 13.0 Å². The molecular formula is C8H8ClNO. The average Bonchev–Trinajstić information content (AvgIpc) is 2.77. The van der Waals surface area contributed by atoms with Gasteiger partial charge in [0.1, 0.15) is 11.3 Å². The zero-order chi connectivity index (χ0) is 7.84. The minimum Gasteiger partial charge on any atom is -0.368 e. The number of ether oxygens (including phenoxy) is 1. The lowest BCUT2D eigenvalue weighted by Crippen LogP contribution is -1.86. The van der Waals surface area contributed by atoms with E-state index in [2.05, 4.69) is 4.98 Å². The van der Waals surface area contributed by atoms with Crippen molar-refractivity contribution in [2.75, 3.05) is 6.61 Å². The molecule has 3 heteroatoms. The maximum Gasteiger partial charge on any atom is 0.131 e. The predicted octanol–water partition coefficient (Wildman–Crippen LogP) is 2.11. The van der Waals surface area contributed by atoms with Crippen molar-refractivity contribution in [3.05, 3.63) is 28.5 Å². The highest BCUT2D eigenvalue weighted by Crippen LogP contribution is 2.30. The van der Waals surface area contributed by atoms with Crippen molar-refractivity contribution < 1.29 is 4.74 Å². The van der Waals surface area contributed by atoms with Crippen LogP contribution in [0.25, 0.3) is 0 Å². The average molecular weight is 170 g/mol. The molecule has 58 valence electrons. The molecule has 0 bridgehead atoms. The number of rotatable bonds is 1.